The fraction of sp³-hybridized carbons (Fsp3) is 0.818. The van der Waals surface area contributed by atoms with Gasteiger partial charge in [-0.2, -0.15) is 11.8 Å². The first-order valence-electron chi connectivity index (χ1n) is 6.17. The highest BCUT2D eigenvalue weighted by Crippen LogP contribution is 2.31. The molecule has 96 valence electrons. The summed E-state index contributed by atoms with van der Waals surface area (Å²) in [4.78, 5) is 0. The molecule has 2 N–H and O–H groups in total. The summed E-state index contributed by atoms with van der Waals surface area (Å²) in [6, 6.07) is 1.05. The van der Waals surface area contributed by atoms with Gasteiger partial charge in [-0.3, -0.25) is 0 Å². The lowest BCUT2D eigenvalue weighted by atomic mass is 10.3. The predicted molar refractivity (Wildman–Crippen MR) is 70.2 cm³/mol. The van der Waals surface area contributed by atoms with Crippen LogP contribution < -0.4 is 10.6 Å². The molecule has 0 spiro atoms. The molecule has 0 radical (unpaired) electrons. The largest absolute Gasteiger partial charge is 0.407 e. The first-order chi connectivity index (χ1) is 8.31. The lowest BCUT2D eigenvalue weighted by molar-refractivity contribution is 0.484. The van der Waals surface area contributed by atoms with Crippen LogP contribution in [0, 0.1) is 0 Å². The van der Waals surface area contributed by atoms with Crippen molar-refractivity contribution in [1.29, 1.82) is 0 Å². The summed E-state index contributed by atoms with van der Waals surface area (Å²) in [5.41, 5.74) is 0. The summed E-state index contributed by atoms with van der Waals surface area (Å²) in [6.45, 7) is 2.83. The highest BCUT2D eigenvalue weighted by atomic mass is 32.2. The molecule has 6 heteroatoms. The molecule has 1 aliphatic carbocycles. The van der Waals surface area contributed by atoms with Crippen LogP contribution in [0.5, 0.6) is 0 Å². The third-order valence-electron chi connectivity index (χ3n) is 2.91. The summed E-state index contributed by atoms with van der Waals surface area (Å²) in [6.07, 6.45) is 3.68. The number of anilines is 1. The Kier molecular flexibility index (Phi) is 4.67. The molecule has 1 saturated carbocycles. The van der Waals surface area contributed by atoms with Crippen LogP contribution in [0.4, 0.5) is 6.01 Å². The van der Waals surface area contributed by atoms with Crippen molar-refractivity contribution in [2.45, 2.75) is 44.0 Å². The Bertz CT molecular complexity index is 344. The van der Waals surface area contributed by atoms with Crippen LogP contribution in [-0.2, 0) is 6.54 Å². The smallest absolute Gasteiger partial charge is 0.315 e. The Morgan fingerprint density at radius 3 is 3.06 bits per heavy atom. The zero-order valence-electron chi connectivity index (χ0n) is 10.4. The highest BCUT2D eigenvalue weighted by Gasteiger charge is 2.25. The van der Waals surface area contributed by atoms with Crippen LogP contribution in [0.25, 0.3) is 0 Å². The first kappa shape index (κ1) is 12.7. The Labute approximate surface area is 106 Å². The average molecular weight is 256 g/mol. The molecule has 0 saturated heterocycles. The van der Waals surface area contributed by atoms with Gasteiger partial charge in [0, 0.05) is 11.3 Å². The van der Waals surface area contributed by atoms with Gasteiger partial charge in [0.2, 0.25) is 5.89 Å². The fourth-order valence-corrected chi connectivity index (χ4v) is 3.31. The lowest BCUT2D eigenvalue weighted by Gasteiger charge is -2.10. The first-order valence-corrected chi connectivity index (χ1v) is 7.21. The molecule has 2 rings (SSSR count). The van der Waals surface area contributed by atoms with Gasteiger partial charge in [0.15, 0.2) is 0 Å². The van der Waals surface area contributed by atoms with Crippen molar-refractivity contribution in [2.24, 2.45) is 0 Å². The normalized spacial score (nSPS) is 24.1. The molecular formula is C11H20N4OS. The van der Waals surface area contributed by atoms with Gasteiger partial charge in [-0.1, -0.05) is 12.0 Å². The number of hydrogen-bond donors (Lipinski definition) is 2. The second-order valence-corrected chi connectivity index (χ2v) is 5.84. The van der Waals surface area contributed by atoms with Crippen molar-refractivity contribution < 1.29 is 4.42 Å². The molecule has 1 aliphatic rings. The third-order valence-corrected chi connectivity index (χ3v) is 4.14. The monoisotopic (exact) mass is 256 g/mol. The van der Waals surface area contributed by atoms with E-state index in [0.717, 1.165) is 5.25 Å². The molecule has 1 fully saturated rings. The minimum atomic E-state index is 0.488. The summed E-state index contributed by atoms with van der Waals surface area (Å²) >= 11 is 2.05. The lowest BCUT2D eigenvalue weighted by Crippen LogP contribution is -2.16. The molecule has 17 heavy (non-hydrogen) atoms. The average Bonchev–Trinajstić information content (AvgIpc) is 2.91. The Hall–Kier alpha value is -0.750. The van der Waals surface area contributed by atoms with E-state index in [4.69, 9.17) is 4.42 Å². The topological polar surface area (TPSA) is 63.0 Å². The molecule has 0 bridgehead atoms. The third kappa shape index (κ3) is 3.61. The maximum absolute atomic E-state index is 5.48. The van der Waals surface area contributed by atoms with Crippen LogP contribution in [0.2, 0.25) is 0 Å². The number of nitrogens with one attached hydrogen (secondary N) is 2. The summed E-state index contributed by atoms with van der Waals surface area (Å²) in [5.74, 6) is 1.83. The summed E-state index contributed by atoms with van der Waals surface area (Å²) in [7, 11) is 1.86. The van der Waals surface area contributed by atoms with E-state index in [-0.39, 0.29) is 0 Å². The van der Waals surface area contributed by atoms with Gasteiger partial charge >= 0.3 is 6.01 Å². The molecule has 2 atom stereocenters. The highest BCUT2D eigenvalue weighted by molar-refractivity contribution is 7.99. The zero-order valence-corrected chi connectivity index (χ0v) is 11.2. The van der Waals surface area contributed by atoms with E-state index in [1.165, 1.54) is 25.0 Å². The van der Waals surface area contributed by atoms with E-state index in [9.17, 15) is 0 Å². The SMILES string of the molecule is CCSC1CCC(Nc2nnc(CNC)o2)C1. The molecular weight excluding hydrogens is 236 g/mol. The maximum atomic E-state index is 5.48. The Balaban J connectivity index is 1.80. The van der Waals surface area contributed by atoms with E-state index in [0.29, 0.717) is 24.5 Å². The van der Waals surface area contributed by atoms with Crippen molar-refractivity contribution in [1.82, 2.24) is 15.5 Å². The van der Waals surface area contributed by atoms with Crippen molar-refractivity contribution in [3.8, 4) is 0 Å². The molecule has 0 aliphatic heterocycles. The minimum Gasteiger partial charge on any atom is -0.407 e. The predicted octanol–water partition coefficient (Wildman–Crippen LogP) is 1.88. The van der Waals surface area contributed by atoms with E-state index in [1.54, 1.807) is 0 Å². The van der Waals surface area contributed by atoms with Gasteiger partial charge in [0.05, 0.1) is 6.54 Å². The Morgan fingerprint density at radius 1 is 1.41 bits per heavy atom. The van der Waals surface area contributed by atoms with Crippen molar-refractivity contribution in [3.05, 3.63) is 5.89 Å². The minimum absolute atomic E-state index is 0.488. The fourth-order valence-electron chi connectivity index (χ4n) is 2.17. The van der Waals surface area contributed by atoms with Crippen LogP contribution in [0.15, 0.2) is 4.42 Å². The van der Waals surface area contributed by atoms with Gasteiger partial charge in [-0.25, -0.2) is 0 Å². The van der Waals surface area contributed by atoms with Crippen molar-refractivity contribution in [2.75, 3.05) is 18.1 Å². The quantitative estimate of drug-likeness (QED) is 0.810. The van der Waals surface area contributed by atoms with E-state index in [1.807, 2.05) is 18.8 Å². The molecule has 0 amide bonds. The number of rotatable bonds is 6. The number of nitrogens with zero attached hydrogens (tertiary/aromatic N) is 2. The van der Waals surface area contributed by atoms with Crippen LogP contribution >= 0.6 is 11.8 Å². The van der Waals surface area contributed by atoms with Gasteiger partial charge in [0.1, 0.15) is 0 Å². The number of thioether (sulfide) groups is 1. The van der Waals surface area contributed by atoms with Crippen molar-refractivity contribution in [3.63, 3.8) is 0 Å². The second-order valence-electron chi connectivity index (χ2n) is 4.26. The van der Waals surface area contributed by atoms with Gasteiger partial charge < -0.3 is 15.1 Å². The molecule has 2 unspecified atom stereocenters. The van der Waals surface area contributed by atoms with Gasteiger partial charge in [-0.05, 0) is 32.1 Å². The van der Waals surface area contributed by atoms with Gasteiger partial charge in [0.25, 0.3) is 0 Å². The molecule has 5 nitrogen and oxygen atoms in total. The Morgan fingerprint density at radius 2 is 2.29 bits per heavy atom. The number of aromatic nitrogens is 2. The summed E-state index contributed by atoms with van der Waals surface area (Å²) < 4.78 is 5.48. The summed E-state index contributed by atoms with van der Waals surface area (Å²) in [5, 5.41) is 15.1. The standard InChI is InChI=1S/C11H20N4OS/c1-3-17-9-5-4-8(6-9)13-11-15-14-10(16-11)7-12-2/h8-9,12H,3-7H2,1-2H3,(H,13,15). The second kappa shape index (κ2) is 6.26. The maximum Gasteiger partial charge on any atom is 0.315 e. The van der Waals surface area contributed by atoms with Gasteiger partial charge in [-0.15, -0.1) is 5.10 Å². The van der Waals surface area contributed by atoms with Crippen LogP contribution in [0.3, 0.4) is 0 Å². The van der Waals surface area contributed by atoms with Crippen LogP contribution in [0.1, 0.15) is 32.1 Å². The zero-order chi connectivity index (χ0) is 12.1. The van der Waals surface area contributed by atoms with Crippen LogP contribution in [-0.4, -0.2) is 34.3 Å². The van der Waals surface area contributed by atoms with E-state index >= 15 is 0 Å². The molecule has 0 aromatic carbocycles. The van der Waals surface area contributed by atoms with Crippen molar-refractivity contribution >= 4 is 17.8 Å². The molecule has 1 aromatic rings. The number of hydrogen-bond acceptors (Lipinski definition) is 6. The molecule has 1 heterocycles. The van der Waals surface area contributed by atoms with E-state index in [2.05, 4.69) is 27.8 Å². The van der Waals surface area contributed by atoms with E-state index < -0.39 is 0 Å². The molecule has 1 aromatic heterocycles.